The molecule has 2 N–H and O–H groups in total. The summed E-state index contributed by atoms with van der Waals surface area (Å²) in [6.07, 6.45) is 6.06. The van der Waals surface area contributed by atoms with Crippen molar-refractivity contribution in [2.45, 2.75) is 38.5 Å². The van der Waals surface area contributed by atoms with Gasteiger partial charge in [-0.25, -0.2) is 0 Å². The lowest BCUT2D eigenvalue weighted by Gasteiger charge is -2.37. The number of hydrogen-bond acceptors (Lipinski definition) is 5. The third kappa shape index (κ3) is 5.91. The van der Waals surface area contributed by atoms with Crippen molar-refractivity contribution in [1.82, 2.24) is 19.6 Å². The highest BCUT2D eigenvalue weighted by Gasteiger charge is 2.28. The van der Waals surface area contributed by atoms with E-state index in [4.69, 9.17) is 5.73 Å². The predicted octanol–water partition coefficient (Wildman–Crippen LogP) is -0.269. The first-order valence-electron chi connectivity index (χ1n) is 10.8. The first-order valence-corrected chi connectivity index (χ1v) is 10.8. The standard InChI is InChI=1S/C20H35N5O3/c21-20(28)17-5-9-25(10-6-17)19(27)16-23-13-11-22(12-14-23)15-18(26)24-7-3-1-2-4-8-24/h17H,1-16H2,(H2,21,28). The molecule has 0 aromatic heterocycles. The molecule has 8 heteroatoms. The third-order valence-corrected chi connectivity index (χ3v) is 6.39. The first-order chi connectivity index (χ1) is 13.5. The Hall–Kier alpha value is -1.67. The zero-order valence-corrected chi connectivity index (χ0v) is 17.0. The summed E-state index contributed by atoms with van der Waals surface area (Å²) < 4.78 is 0. The van der Waals surface area contributed by atoms with E-state index in [-0.39, 0.29) is 23.6 Å². The van der Waals surface area contributed by atoms with Gasteiger partial charge in [-0.15, -0.1) is 0 Å². The lowest BCUT2D eigenvalue weighted by atomic mass is 9.96. The molecular weight excluding hydrogens is 358 g/mol. The van der Waals surface area contributed by atoms with Gasteiger partial charge in [-0.05, 0) is 25.7 Å². The van der Waals surface area contributed by atoms with Crippen LogP contribution in [0, 0.1) is 5.92 Å². The summed E-state index contributed by atoms with van der Waals surface area (Å²) >= 11 is 0. The van der Waals surface area contributed by atoms with E-state index in [1.165, 1.54) is 12.8 Å². The molecule has 3 aliphatic rings. The highest BCUT2D eigenvalue weighted by atomic mass is 16.2. The smallest absolute Gasteiger partial charge is 0.236 e. The quantitative estimate of drug-likeness (QED) is 0.695. The minimum atomic E-state index is -0.252. The number of carbonyl (C=O) groups is 3. The number of nitrogens with two attached hydrogens (primary N) is 1. The average Bonchev–Trinajstić information content (AvgIpc) is 2.99. The van der Waals surface area contributed by atoms with Gasteiger partial charge in [-0.1, -0.05) is 12.8 Å². The van der Waals surface area contributed by atoms with Crippen LogP contribution in [0.1, 0.15) is 38.5 Å². The largest absolute Gasteiger partial charge is 0.369 e. The van der Waals surface area contributed by atoms with Crippen LogP contribution >= 0.6 is 0 Å². The van der Waals surface area contributed by atoms with Gasteiger partial charge < -0.3 is 15.5 Å². The molecule has 0 aliphatic carbocycles. The topological polar surface area (TPSA) is 90.2 Å². The zero-order chi connectivity index (χ0) is 19.9. The molecule has 28 heavy (non-hydrogen) atoms. The van der Waals surface area contributed by atoms with Crippen LogP contribution in [0.4, 0.5) is 0 Å². The molecule has 0 aromatic rings. The number of hydrogen-bond donors (Lipinski definition) is 1. The molecule has 158 valence electrons. The summed E-state index contributed by atoms with van der Waals surface area (Å²) in [5.74, 6) is 0.0491. The molecule has 3 fully saturated rings. The summed E-state index contributed by atoms with van der Waals surface area (Å²) in [6.45, 7) is 7.27. The second-order valence-electron chi connectivity index (χ2n) is 8.40. The molecule has 3 amide bonds. The van der Waals surface area contributed by atoms with Crippen LogP contribution in [0.15, 0.2) is 0 Å². The van der Waals surface area contributed by atoms with E-state index in [2.05, 4.69) is 9.80 Å². The van der Waals surface area contributed by atoms with Crippen LogP contribution in [0.3, 0.4) is 0 Å². The Balaban J connectivity index is 1.35. The SMILES string of the molecule is NC(=O)C1CCN(C(=O)CN2CCN(CC(=O)N3CCCCCC3)CC2)CC1. The number of rotatable bonds is 5. The van der Waals surface area contributed by atoms with E-state index >= 15 is 0 Å². The van der Waals surface area contributed by atoms with Gasteiger partial charge in [0.2, 0.25) is 17.7 Å². The Morgan fingerprint density at radius 3 is 1.50 bits per heavy atom. The van der Waals surface area contributed by atoms with Crippen molar-refractivity contribution in [3.8, 4) is 0 Å². The number of carbonyl (C=O) groups excluding carboxylic acids is 3. The van der Waals surface area contributed by atoms with Crippen molar-refractivity contribution in [1.29, 1.82) is 0 Å². The summed E-state index contributed by atoms with van der Waals surface area (Å²) in [4.78, 5) is 44.6. The van der Waals surface area contributed by atoms with Gasteiger partial charge in [0.25, 0.3) is 0 Å². The molecule has 3 rings (SSSR count). The monoisotopic (exact) mass is 393 g/mol. The molecule has 0 bridgehead atoms. The fourth-order valence-corrected chi connectivity index (χ4v) is 4.42. The van der Waals surface area contributed by atoms with Crippen molar-refractivity contribution in [3.05, 3.63) is 0 Å². The predicted molar refractivity (Wildman–Crippen MR) is 106 cm³/mol. The highest BCUT2D eigenvalue weighted by Crippen LogP contribution is 2.17. The van der Waals surface area contributed by atoms with Crippen LogP contribution in [0.2, 0.25) is 0 Å². The van der Waals surface area contributed by atoms with Crippen LogP contribution < -0.4 is 5.73 Å². The number of primary amides is 1. The summed E-state index contributed by atoms with van der Waals surface area (Å²) in [5.41, 5.74) is 5.36. The maximum atomic E-state index is 12.5. The van der Waals surface area contributed by atoms with Crippen LogP contribution in [-0.4, -0.2) is 103 Å². The fraction of sp³-hybridized carbons (Fsp3) is 0.850. The lowest BCUT2D eigenvalue weighted by Crippen LogP contribution is -2.53. The lowest BCUT2D eigenvalue weighted by molar-refractivity contribution is -0.137. The van der Waals surface area contributed by atoms with Gasteiger partial charge in [0.1, 0.15) is 0 Å². The van der Waals surface area contributed by atoms with Gasteiger partial charge in [-0.3, -0.25) is 24.2 Å². The maximum absolute atomic E-state index is 12.5. The molecule has 3 aliphatic heterocycles. The number of nitrogens with zero attached hydrogens (tertiary/aromatic N) is 4. The van der Waals surface area contributed by atoms with Crippen molar-refractivity contribution in [3.63, 3.8) is 0 Å². The molecule has 0 aromatic carbocycles. The number of piperidine rings is 1. The third-order valence-electron chi connectivity index (χ3n) is 6.39. The second-order valence-corrected chi connectivity index (χ2v) is 8.40. The number of piperazine rings is 1. The molecule has 8 nitrogen and oxygen atoms in total. The molecule has 0 spiro atoms. The number of amides is 3. The first kappa shape index (κ1) is 21.0. The minimum absolute atomic E-state index is 0.0886. The van der Waals surface area contributed by atoms with Crippen molar-refractivity contribution in [2.24, 2.45) is 11.7 Å². The van der Waals surface area contributed by atoms with E-state index in [9.17, 15) is 14.4 Å². The van der Waals surface area contributed by atoms with Gasteiger partial charge in [0.05, 0.1) is 13.1 Å². The van der Waals surface area contributed by atoms with E-state index in [1.54, 1.807) is 0 Å². The van der Waals surface area contributed by atoms with Gasteiger partial charge in [0.15, 0.2) is 0 Å². The van der Waals surface area contributed by atoms with Gasteiger partial charge in [-0.2, -0.15) is 0 Å². The Labute approximate surface area is 168 Å². The van der Waals surface area contributed by atoms with E-state index in [0.29, 0.717) is 39.0 Å². The van der Waals surface area contributed by atoms with Crippen molar-refractivity contribution in [2.75, 3.05) is 65.4 Å². The molecule has 0 saturated carbocycles. The van der Waals surface area contributed by atoms with Crippen LogP contribution in [0.5, 0.6) is 0 Å². The normalized spacial score (nSPS) is 23.4. The van der Waals surface area contributed by atoms with Crippen molar-refractivity contribution >= 4 is 17.7 Å². The Bertz CT molecular complexity index is 546. The van der Waals surface area contributed by atoms with Crippen LogP contribution in [-0.2, 0) is 14.4 Å². The highest BCUT2D eigenvalue weighted by molar-refractivity contribution is 5.80. The summed E-state index contributed by atoms with van der Waals surface area (Å²) in [6, 6.07) is 0. The number of likely N-dealkylation sites (tertiary alicyclic amines) is 2. The zero-order valence-electron chi connectivity index (χ0n) is 17.0. The minimum Gasteiger partial charge on any atom is -0.369 e. The summed E-state index contributed by atoms with van der Waals surface area (Å²) in [7, 11) is 0. The molecule has 0 unspecified atom stereocenters. The van der Waals surface area contributed by atoms with Gasteiger partial charge in [0, 0.05) is 58.3 Å². The molecular formula is C20H35N5O3. The Kier molecular flexibility index (Phi) is 7.67. The molecule has 0 atom stereocenters. The van der Waals surface area contributed by atoms with E-state index < -0.39 is 0 Å². The van der Waals surface area contributed by atoms with Crippen LogP contribution in [0.25, 0.3) is 0 Å². The second kappa shape index (κ2) is 10.2. The average molecular weight is 394 g/mol. The molecule has 0 radical (unpaired) electrons. The fourth-order valence-electron chi connectivity index (χ4n) is 4.42. The Morgan fingerprint density at radius 1 is 0.643 bits per heavy atom. The molecule has 3 saturated heterocycles. The Morgan fingerprint density at radius 2 is 1.07 bits per heavy atom. The maximum Gasteiger partial charge on any atom is 0.236 e. The van der Waals surface area contributed by atoms with Crippen molar-refractivity contribution < 1.29 is 14.4 Å². The van der Waals surface area contributed by atoms with E-state index in [0.717, 1.165) is 52.1 Å². The summed E-state index contributed by atoms with van der Waals surface area (Å²) in [5, 5.41) is 0. The molecule has 3 heterocycles. The van der Waals surface area contributed by atoms with Gasteiger partial charge >= 0.3 is 0 Å². The van der Waals surface area contributed by atoms with E-state index in [1.807, 2.05) is 9.80 Å².